The van der Waals surface area contributed by atoms with Gasteiger partial charge in [-0.2, -0.15) is 8.78 Å². The second-order valence-corrected chi connectivity index (χ2v) is 3.29. The largest absolute Gasteiger partial charge is 0.339 e. The van der Waals surface area contributed by atoms with Crippen LogP contribution < -0.4 is 0 Å². The molecule has 75 valence electrons. The van der Waals surface area contributed by atoms with Crippen molar-refractivity contribution in [2.24, 2.45) is 0 Å². The van der Waals surface area contributed by atoms with Crippen molar-refractivity contribution < 1.29 is 8.78 Å². The zero-order valence-corrected chi connectivity index (χ0v) is 8.00. The van der Waals surface area contributed by atoms with Gasteiger partial charge in [0.05, 0.1) is 0 Å². The molecule has 0 aromatic heterocycles. The lowest BCUT2D eigenvalue weighted by Gasteiger charge is -2.02. The molecule has 0 saturated carbocycles. The van der Waals surface area contributed by atoms with Gasteiger partial charge >= 0.3 is 6.43 Å². The van der Waals surface area contributed by atoms with Crippen LogP contribution in [0.15, 0.2) is 43.0 Å². The maximum Gasteiger partial charge on any atom is 0.339 e. The lowest BCUT2D eigenvalue weighted by Crippen LogP contribution is -1.84. The zero-order valence-electron chi connectivity index (χ0n) is 8.00. The molecular weight excluding hydrogens is 194 g/mol. The Morgan fingerprint density at radius 3 is 2.33 bits per heavy atom. The molecule has 2 heteroatoms. The Kier molecular flexibility index (Phi) is 2.50. The lowest BCUT2D eigenvalue weighted by molar-refractivity contribution is 0.325. The lowest BCUT2D eigenvalue weighted by atomic mass is 10.0. The molecule has 0 spiro atoms. The molecular formula is C13H9F2. The molecule has 15 heavy (non-hydrogen) atoms. The van der Waals surface area contributed by atoms with Gasteiger partial charge in [0.2, 0.25) is 0 Å². The molecule has 0 saturated heterocycles. The highest BCUT2D eigenvalue weighted by atomic mass is 19.3. The van der Waals surface area contributed by atoms with E-state index in [0.717, 1.165) is 16.3 Å². The van der Waals surface area contributed by atoms with Gasteiger partial charge in [-0.15, -0.1) is 0 Å². The average molecular weight is 203 g/mol. The Morgan fingerprint density at radius 1 is 1.00 bits per heavy atom. The van der Waals surface area contributed by atoms with Crippen molar-refractivity contribution in [3.8, 4) is 0 Å². The van der Waals surface area contributed by atoms with Gasteiger partial charge in [0.25, 0.3) is 0 Å². The first kappa shape index (κ1) is 9.84. The smallest absolute Gasteiger partial charge is 0.194 e. The Balaban J connectivity index is 2.59. The second-order valence-electron chi connectivity index (χ2n) is 3.29. The van der Waals surface area contributed by atoms with Crippen LogP contribution in [0.2, 0.25) is 0 Å². The van der Waals surface area contributed by atoms with E-state index in [2.05, 4.69) is 6.58 Å². The summed E-state index contributed by atoms with van der Waals surface area (Å²) in [5.41, 5.74) is 0.966. The van der Waals surface area contributed by atoms with Gasteiger partial charge in [-0.25, -0.2) is 0 Å². The van der Waals surface area contributed by atoms with E-state index in [0.29, 0.717) is 0 Å². The maximum absolute atomic E-state index is 12.3. The average Bonchev–Trinajstić information content (AvgIpc) is 2.27. The number of hydrogen-bond donors (Lipinski definition) is 0. The van der Waals surface area contributed by atoms with E-state index in [1.165, 1.54) is 12.1 Å². The summed E-state index contributed by atoms with van der Waals surface area (Å²) in [5, 5.41) is 1.75. The molecule has 2 aromatic rings. The van der Waals surface area contributed by atoms with Crippen LogP contribution in [0.25, 0.3) is 16.8 Å². The van der Waals surface area contributed by atoms with E-state index in [1.807, 2.05) is 18.2 Å². The van der Waals surface area contributed by atoms with Crippen molar-refractivity contribution in [2.75, 3.05) is 0 Å². The van der Waals surface area contributed by atoms with E-state index in [4.69, 9.17) is 0 Å². The SMILES string of the molecule is C=Cc1ccc2cc([C](F)F)ccc2c1. The van der Waals surface area contributed by atoms with Crippen molar-refractivity contribution >= 4 is 16.8 Å². The maximum atomic E-state index is 12.3. The van der Waals surface area contributed by atoms with E-state index >= 15 is 0 Å². The number of halogens is 2. The van der Waals surface area contributed by atoms with Crippen LogP contribution in [0.3, 0.4) is 0 Å². The fraction of sp³-hybridized carbons (Fsp3) is 0. The van der Waals surface area contributed by atoms with Gasteiger partial charge in [0, 0.05) is 5.56 Å². The van der Waals surface area contributed by atoms with Crippen LogP contribution in [0, 0.1) is 6.43 Å². The van der Waals surface area contributed by atoms with Gasteiger partial charge in [-0.1, -0.05) is 36.9 Å². The Labute approximate surface area is 86.8 Å². The van der Waals surface area contributed by atoms with Crippen LogP contribution in [0.5, 0.6) is 0 Å². The molecule has 0 aliphatic heterocycles. The Hall–Kier alpha value is -1.70. The fourth-order valence-electron chi connectivity index (χ4n) is 1.51. The van der Waals surface area contributed by atoms with Gasteiger partial charge in [-0.05, 0) is 28.5 Å². The third-order valence-corrected chi connectivity index (χ3v) is 2.32. The molecule has 0 amide bonds. The van der Waals surface area contributed by atoms with Crippen LogP contribution in [-0.2, 0) is 0 Å². The van der Waals surface area contributed by atoms with Crippen molar-refractivity contribution in [2.45, 2.75) is 0 Å². The van der Waals surface area contributed by atoms with E-state index in [9.17, 15) is 8.78 Å². The molecule has 0 atom stereocenters. The standard InChI is InChI=1S/C13H9F2/c1-2-9-3-4-11-8-12(13(14)15)6-5-10(11)7-9/h2-8H,1H2. The van der Waals surface area contributed by atoms with Crippen molar-refractivity contribution in [3.63, 3.8) is 0 Å². The predicted molar refractivity (Wildman–Crippen MR) is 58.6 cm³/mol. The minimum atomic E-state index is -1.65. The molecule has 0 bridgehead atoms. The van der Waals surface area contributed by atoms with Crippen LogP contribution in [0.4, 0.5) is 8.78 Å². The Morgan fingerprint density at radius 2 is 1.67 bits per heavy atom. The molecule has 0 aliphatic carbocycles. The van der Waals surface area contributed by atoms with Gasteiger partial charge in [0.15, 0.2) is 0 Å². The summed E-state index contributed by atoms with van der Waals surface area (Å²) < 4.78 is 24.7. The van der Waals surface area contributed by atoms with Crippen molar-refractivity contribution in [1.82, 2.24) is 0 Å². The summed E-state index contributed by atoms with van der Waals surface area (Å²) in [4.78, 5) is 0. The van der Waals surface area contributed by atoms with Crippen molar-refractivity contribution in [1.29, 1.82) is 0 Å². The first-order valence-corrected chi connectivity index (χ1v) is 4.55. The zero-order chi connectivity index (χ0) is 10.8. The molecule has 0 unspecified atom stereocenters. The summed E-state index contributed by atoms with van der Waals surface area (Å²) in [6.45, 7) is 3.66. The molecule has 0 nitrogen and oxygen atoms in total. The van der Waals surface area contributed by atoms with E-state index < -0.39 is 6.43 Å². The highest BCUT2D eigenvalue weighted by Gasteiger charge is 2.09. The van der Waals surface area contributed by atoms with Gasteiger partial charge in [-0.3, -0.25) is 0 Å². The Bertz CT molecular complexity index is 501. The quantitative estimate of drug-likeness (QED) is 0.684. The summed E-state index contributed by atoms with van der Waals surface area (Å²) in [6.07, 6.45) is 0.0829. The van der Waals surface area contributed by atoms with E-state index in [-0.39, 0.29) is 5.56 Å². The molecule has 2 rings (SSSR count). The highest BCUT2D eigenvalue weighted by Crippen LogP contribution is 2.23. The summed E-state index contributed by atoms with van der Waals surface area (Å²) >= 11 is 0. The number of fused-ring (bicyclic) bond motifs is 1. The first-order valence-electron chi connectivity index (χ1n) is 4.55. The predicted octanol–water partition coefficient (Wildman–Crippen LogP) is 4.26. The number of rotatable bonds is 2. The molecule has 1 radical (unpaired) electrons. The molecule has 0 N–H and O–H groups in total. The summed E-state index contributed by atoms with van der Waals surface area (Å²) in [6, 6.07) is 10.2. The highest BCUT2D eigenvalue weighted by molar-refractivity contribution is 5.85. The molecule has 0 heterocycles. The summed E-state index contributed by atoms with van der Waals surface area (Å²) in [7, 11) is 0. The number of benzene rings is 2. The second kappa shape index (κ2) is 3.81. The molecule has 0 aliphatic rings. The van der Waals surface area contributed by atoms with Crippen LogP contribution in [-0.4, -0.2) is 0 Å². The minimum absolute atomic E-state index is 0.0196. The van der Waals surface area contributed by atoms with Crippen LogP contribution >= 0.6 is 0 Å². The molecule has 2 aromatic carbocycles. The first-order chi connectivity index (χ1) is 7.20. The third-order valence-electron chi connectivity index (χ3n) is 2.32. The number of hydrogen-bond acceptors (Lipinski definition) is 0. The third kappa shape index (κ3) is 1.89. The van der Waals surface area contributed by atoms with Gasteiger partial charge < -0.3 is 0 Å². The monoisotopic (exact) mass is 203 g/mol. The summed E-state index contributed by atoms with van der Waals surface area (Å²) in [5.74, 6) is 0. The van der Waals surface area contributed by atoms with Crippen LogP contribution in [0.1, 0.15) is 11.1 Å². The van der Waals surface area contributed by atoms with Crippen molar-refractivity contribution in [3.05, 3.63) is 60.5 Å². The minimum Gasteiger partial charge on any atom is -0.194 e. The van der Waals surface area contributed by atoms with E-state index in [1.54, 1.807) is 12.1 Å². The normalized spacial score (nSPS) is 10.9. The molecule has 0 fully saturated rings. The van der Waals surface area contributed by atoms with Gasteiger partial charge in [0.1, 0.15) is 0 Å². The topological polar surface area (TPSA) is 0 Å². The fourth-order valence-corrected chi connectivity index (χ4v) is 1.51.